The number of thioether (sulfide) groups is 1. The molecule has 0 saturated heterocycles. The predicted octanol–water partition coefficient (Wildman–Crippen LogP) is 5.02. The molecule has 0 aliphatic rings. The number of rotatable bonds is 6. The summed E-state index contributed by atoms with van der Waals surface area (Å²) in [5.41, 5.74) is 1.47. The number of amides is 1. The molecule has 0 fully saturated rings. The molecule has 0 saturated carbocycles. The standard InChI is InChI=1S/C19H14F2N2O2S2/c1-11(24)12-5-6-17(15(21)8-12)26-10-18(25)23-19-22-16(9-27-19)13-3-2-4-14(20)7-13/h2-9H,10H2,1H3,(H,22,23,25). The third-order valence-corrected chi connectivity index (χ3v) is 5.37. The van der Waals surface area contributed by atoms with Crippen LogP contribution in [0.25, 0.3) is 11.3 Å². The molecule has 1 heterocycles. The molecule has 0 spiro atoms. The summed E-state index contributed by atoms with van der Waals surface area (Å²) in [6, 6.07) is 10.2. The number of hydrogen-bond donors (Lipinski definition) is 1. The van der Waals surface area contributed by atoms with Crippen LogP contribution in [0.3, 0.4) is 0 Å². The highest BCUT2D eigenvalue weighted by molar-refractivity contribution is 8.00. The van der Waals surface area contributed by atoms with Crippen molar-refractivity contribution in [3.63, 3.8) is 0 Å². The van der Waals surface area contributed by atoms with E-state index in [1.54, 1.807) is 17.5 Å². The number of nitrogens with zero attached hydrogens (tertiary/aromatic N) is 1. The average molecular weight is 404 g/mol. The van der Waals surface area contributed by atoms with Gasteiger partial charge in [0.25, 0.3) is 0 Å². The Morgan fingerprint density at radius 3 is 2.70 bits per heavy atom. The molecule has 1 N–H and O–H groups in total. The van der Waals surface area contributed by atoms with Crippen LogP contribution in [0.1, 0.15) is 17.3 Å². The van der Waals surface area contributed by atoms with Gasteiger partial charge in [-0.15, -0.1) is 23.1 Å². The number of anilines is 1. The van der Waals surface area contributed by atoms with Crippen LogP contribution in [0, 0.1) is 11.6 Å². The van der Waals surface area contributed by atoms with E-state index in [0.29, 0.717) is 16.4 Å². The molecule has 8 heteroatoms. The molecule has 1 amide bonds. The summed E-state index contributed by atoms with van der Waals surface area (Å²) in [6.45, 7) is 1.36. The number of benzene rings is 2. The van der Waals surface area contributed by atoms with Gasteiger partial charge in [-0.2, -0.15) is 0 Å². The van der Waals surface area contributed by atoms with Gasteiger partial charge in [-0.1, -0.05) is 18.2 Å². The third kappa shape index (κ3) is 4.99. The fraction of sp³-hybridized carbons (Fsp3) is 0.105. The first kappa shape index (κ1) is 19.2. The second-order valence-electron chi connectivity index (χ2n) is 5.59. The summed E-state index contributed by atoms with van der Waals surface area (Å²) in [4.78, 5) is 27.9. The summed E-state index contributed by atoms with van der Waals surface area (Å²) in [6.07, 6.45) is 0. The largest absolute Gasteiger partial charge is 0.301 e. The van der Waals surface area contributed by atoms with Crippen molar-refractivity contribution in [1.29, 1.82) is 0 Å². The van der Waals surface area contributed by atoms with E-state index in [0.717, 1.165) is 17.8 Å². The van der Waals surface area contributed by atoms with E-state index >= 15 is 0 Å². The van der Waals surface area contributed by atoms with E-state index in [-0.39, 0.29) is 33.7 Å². The van der Waals surface area contributed by atoms with Crippen LogP contribution in [0.15, 0.2) is 52.7 Å². The Bertz CT molecular complexity index is 1000. The van der Waals surface area contributed by atoms with Crippen molar-refractivity contribution >= 4 is 39.9 Å². The van der Waals surface area contributed by atoms with E-state index in [2.05, 4.69) is 10.3 Å². The van der Waals surface area contributed by atoms with E-state index < -0.39 is 5.82 Å². The maximum atomic E-state index is 14.0. The summed E-state index contributed by atoms with van der Waals surface area (Å²) in [7, 11) is 0. The van der Waals surface area contributed by atoms with Gasteiger partial charge >= 0.3 is 0 Å². The lowest BCUT2D eigenvalue weighted by atomic mass is 10.1. The minimum atomic E-state index is -0.539. The van der Waals surface area contributed by atoms with Crippen LogP contribution < -0.4 is 5.32 Å². The van der Waals surface area contributed by atoms with E-state index in [1.165, 1.54) is 42.5 Å². The quantitative estimate of drug-likeness (QED) is 0.463. The van der Waals surface area contributed by atoms with Gasteiger partial charge in [0.2, 0.25) is 5.91 Å². The van der Waals surface area contributed by atoms with Crippen LogP contribution in [-0.4, -0.2) is 22.4 Å². The number of Topliss-reactive ketones (excluding diaryl/α,β-unsaturated/α-hetero) is 1. The number of halogens is 2. The number of thiazole rings is 1. The topological polar surface area (TPSA) is 59.1 Å². The number of carbonyl (C=O) groups excluding carboxylic acids is 2. The number of hydrogen-bond acceptors (Lipinski definition) is 5. The second kappa shape index (κ2) is 8.41. The first-order valence-electron chi connectivity index (χ1n) is 7.87. The maximum Gasteiger partial charge on any atom is 0.236 e. The first-order valence-corrected chi connectivity index (χ1v) is 9.73. The van der Waals surface area contributed by atoms with E-state index in [4.69, 9.17) is 0 Å². The van der Waals surface area contributed by atoms with Crippen LogP contribution in [0.2, 0.25) is 0 Å². The molecule has 0 aliphatic carbocycles. The lowest BCUT2D eigenvalue weighted by Gasteiger charge is -2.05. The minimum Gasteiger partial charge on any atom is -0.301 e. The Balaban J connectivity index is 1.59. The highest BCUT2D eigenvalue weighted by Gasteiger charge is 2.12. The van der Waals surface area contributed by atoms with E-state index in [9.17, 15) is 18.4 Å². The van der Waals surface area contributed by atoms with Gasteiger partial charge in [-0.05, 0) is 31.2 Å². The Labute approximate surface area is 162 Å². The summed E-state index contributed by atoms with van der Waals surface area (Å²) in [5, 5.41) is 4.74. The monoisotopic (exact) mass is 404 g/mol. The van der Waals surface area contributed by atoms with Gasteiger partial charge in [0.05, 0.1) is 11.4 Å². The van der Waals surface area contributed by atoms with Crippen molar-refractivity contribution in [3.8, 4) is 11.3 Å². The summed E-state index contributed by atoms with van der Waals surface area (Å²) in [5.74, 6) is -1.47. The van der Waals surface area contributed by atoms with Crippen molar-refractivity contribution in [2.24, 2.45) is 0 Å². The molecule has 0 radical (unpaired) electrons. The van der Waals surface area contributed by atoms with Gasteiger partial charge in [-0.25, -0.2) is 13.8 Å². The predicted molar refractivity (Wildman–Crippen MR) is 103 cm³/mol. The van der Waals surface area contributed by atoms with Crippen LogP contribution in [0.5, 0.6) is 0 Å². The Morgan fingerprint density at radius 1 is 1.19 bits per heavy atom. The molecular formula is C19H14F2N2O2S2. The summed E-state index contributed by atoms with van der Waals surface area (Å²) >= 11 is 2.25. The minimum absolute atomic E-state index is 0.00871. The molecule has 0 bridgehead atoms. The lowest BCUT2D eigenvalue weighted by Crippen LogP contribution is -2.14. The number of nitrogens with one attached hydrogen (secondary N) is 1. The molecule has 0 aliphatic heterocycles. The van der Waals surface area contributed by atoms with Crippen molar-refractivity contribution in [3.05, 3.63) is 65.0 Å². The summed E-state index contributed by atoms with van der Waals surface area (Å²) < 4.78 is 27.3. The normalized spacial score (nSPS) is 10.6. The molecule has 4 nitrogen and oxygen atoms in total. The molecule has 3 aromatic rings. The highest BCUT2D eigenvalue weighted by Crippen LogP contribution is 2.26. The molecule has 138 valence electrons. The number of ketones is 1. The van der Waals surface area contributed by atoms with Crippen molar-refractivity contribution in [1.82, 2.24) is 4.98 Å². The average Bonchev–Trinajstić information content (AvgIpc) is 3.09. The maximum absolute atomic E-state index is 14.0. The van der Waals surface area contributed by atoms with Gasteiger partial charge < -0.3 is 5.32 Å². The van der Waals surface area contributed by atoms with E-state index in [1.807, 2.05) is 0 Å². The molecule has 27 heavy (non-hydrogen) atoms. The molecular weight excluding hydrogens is 390 g/mol. The Kier molecular flexibility index (Phi) is 5.98. The van der Waals surface area contributed by atoms with Crippen molar-refractivity contribution in [2.45, 2.75) is 11.8 Å². The van der Waals surface area contributed by atoms with Gasteiger partial charge in [0.15, 0.2) is 10.9 Å². The SMILES string of the molecule is CC(=O)c1ccc(SCC(=O)Nc2nc(-c3cccc(F)c3)cs2)c(F)c1. The fourth-order valence-corrected chi connectivity index (χ4v) is 3.70. The number of carbonyl (C=O) groups is 2. The Hall–Kier alpha value is -2.58. The zero-order valence-corrected chi connectivity index (χ0v) is 15.8. The Morgan fingerprint density at radius 2 is 2.00 bits per heavy atom. The first-order chi connectivity index (χ1) is 12.9. The molecule has 1 aromatic heterocycles. The van der Waals surface area contributed by atoms with Gasteiger partial charge in [-0.3, -0.25) is 9.59 Å². The van der Waals surface area contributed by atoms with Crippen molar-refractivity contribution in [2.75, 3.05) is 11.1 Å². The zero-order valence-electron chi connectivity index (χ0n) is 14.2. The molecule has 0 atom stereocenters. The number of aromatic nitrogens is 1. The van der Waals surface area contributed by atoms with Crippen LogP contribution >= 0.6 is 23.1 Å². The lowest BCUT2D eigenvalue weighted by molar-refractivity contribution is -0.113. The van der Waals surface area contributed by atoms with Crippen molar-refractivity contribution < 1.29 is 18.4 Å². The van der Waals surface area contributed by atoms with Gasteiger partial charge in [0.1, 0.15) is 11.6 Å². The van der Waals surface area contributed by atoms with Crippen LogP contribution in [0.4, 0.5) is 13.9 Å². The van der Waals surface area contributed by atoms with Gasteiger partial charge in [0, 0.05) is 21.4 Å². The zero-order chi connectivity index (χ0) is 19.4. The molecule has 2 aromatic carbocycles. The second-order valence-corrected chi connectivity index (χ2v) is 7.46. The smallest absolute Gasteiger partial charge is 0.236 e. The molecule has 0 unspecified atom stereocenters. The molecule has 3 rings (SSSR count). The highest BCUT2D eigenvalue weighted by atomic mass is 32.2. The fourth-order valence-electron chi connectivity index (χ4n) is 2.25. The third-order valence-electron chi connectivity index (χ3n) is 3.57. The van der Waals surface area contributed by atoms with Crippen LogP contribution in [-0.2, 0) is 4.79 Å².